The fourth-order valence-corrected chi connectivity index (χ4v) is 3.89. The van der Waals surface area contributed by atoms with Crippen LogP contribution < -0.4 is 21.9 Å². The third-order valence-corrected chi connectivity index (χ3v) is 5.42. The molecule has 0 radical (unpaired) electrons. The molecule has 0 aliphatic heterocycles. The van der Waals surface area contributed by atoms with Gasteiger partial charge in [0.05, 0.1) is 5.52 Å². The fraction of sp³-hybridized carbons (Fsp3) is 0.353. The van der Waals surface area contributed by atoms with Crippen LogP contribution in [0.2, 0.25) is 5.02 Å². The summed E-state index contributed by atoms with van der Waals surface area (Å²) >= 11 is 10.6. The summed E-state index contributed by atoms with van der Waals surface area (Å²) in [5.41, 5.74) is 7.10. The monoisotopic (exact) mass is 426 g/mol. The second kappa shape index (κ2) is 11.8. The van der Waals surface area contributed by atoms with Crippen LogP contribution in [-0.2, 0) is 0 Å². The van der Waals surface area contributed by atoms with E-state index in [1.54, 1.807) is 6.20 Å². The van der Waals surface area contributed by atoms with E-state index in [1.165, 1.54) is 17.3 Å². The highest BCUT2D eigenvalue weighted by Gasteiger charge is 2.22. The number of thiol groups is 1. The lowest BCUT2D eigenvalue weighted by Gasteiger charge is -2.29. The van der Waals surface area contributed by atoms with Crippen LogP contribution in [0.15, 0.2) is 30.5 Å². The average molecular weight is 427 g/mol. The number of anilines is 1. The first-order chi connectivity index (χ1) is 12.5. The van der Waals surface area contributed by atoms with Crippen molar-refractivity contribution in [3.05, 3.63) is 35.5 Å². The van der Waals surface area contributed by atoms with Gasteiger partial charge >= 0.3 is 6.03 Å². The first-order valence-electron chi connectivity index (χ1n) is 8.08. The van der Waals surface area contributed by atoms with Crippen LogP contribution in [0.1, 0.15) is 25.7 Å². The predicted octanol–water partition coefficient (Wildman–Crippen LogP) is 4.49. The smallest absolute Gasteiger partial charge is 0.322 e. The lowest BCUT2D eigenvalue weighted by atomic mass is 9.94. The van der Waals surface area contributed by atoms with E-state index >= 15 is 0 Å². The number of urea groups is 1. The maximum absolute atomic E-state index is 10.8. The lowest BCUT2D eigenvalue weighted by Crippen LogP contribution is -2.31. The molecule has 0 saturated heterocycles. The Labute approximate surface area is 173 Å². The number of carbonyl (C=O) groups is 1. The highest BCUT2D eigenvalue weighted by Crippen LogP contribution is 2.31. The molecule has 3 rings (SSSR count). The molecule has 1 fully saturated rings. The van der Waals surface area contributed by atoms with Crippen LogP contribution >= 0.6 is 36.2 Å². The molecule has 1 saturated carbocycles. The second-order valence-electron chi connectivity index (χ2n) is 5.82. The summed E-state index contributed by atoms with van der Waals surface area (Å²) < 4.78 is 2.62. The Kier molecular flexibility index (Phi) is 10.1. The molecule has 1 aliphatic rings. The van der Waals surface area contributed by atoms with Gasteiger partial charge in [-0.25, -0.2) is 4.79 Å². The second-order valence-corrected chi connectivity index (χ2v) is 7.57. The van der Waals surface area contributed by atoms with E-state index in [0.717, 1.165) is 42.3 Å². The molecule has 27 heavy (non-hydrogen) atoms. The molecule has 2 amide bonds. The summed E-state index contributed by atoms with van der Waals surface area (Å²) in [6, 6.07) is 7.74. The van der Waals surface area contributed by atoms with E-state index in [0.29, 0.717) is 16.3 Å². The summed E-state index contributed by atoms with van der Waals surface area (Å²) in [6.45, 7) is 0. The van der Waals surface area contributed by atoms with Crippen LogP contribution in [0, 0.1) is 10.7 Å². The van der Waals surface area contributed by atoms with Gasteiger partial charge in [-0.2, -0.15) is 5.26 Å². The van der Waals surface area contributed by atoms with Crippen molar-refractivity contribution in [2.24, 2.45) is 5.73 Å². The third-order valence-electron chi connectivity index (χ3n) is 4.06. The predicted molar refractivity (Wildman–Crippen MR) is 116 cm³/mol. The number of aromatic nitrogens is 1. The number of nitrogens with two attached hydrogens (primary N) is 1. The lowest BCUT2D eigenvalue weighted by molar-refractivity contribution is 0.254. The number of fused-ring (bicyclic) bond motifs is 1. The summed E-state index contributed by atoms with van der Waals surface area (Å²) in [4.78, 5) is 15.1. The van der Waals surface area contributed by atoms with Crippen molar-refractivity contribution >= 4 is 58.8 Å². The number of primary amides is 1. The third kappa shape index (κ3) is 7.34. The fourth-order valence-electron chi connectivity index (χ4n) is 2.93. The summed E-state index contributed by atoms with van der Waals surface area (Å²) in [5.74, 6) is 0. The van der Waals surface area contributed by atoms with E-state index < -0.39 is 6.03 Å². The number of rotatable bonds is 4. The average Bonchev–Trinajstić information content (AvgIpc) is 2.62. The van der Waals surface area contributed by atoms with E-state index in [2.05, 4.69) is 27.7 Å². The number of hydrogen-bond acceptors (Lipinski definition) is 7. The van der Waals surface area contributed by atoms with Gasteiger partial charge in [-0.15, -0.1) is 0 Å². The Morgan fingerprint density at radius 3 is 2.63 bits per heavy atom. The van der Waals surface area contributed by atoms with E-state index in [9.17, 15) is 4.79 Å². The van der Waals surface area contributed by atoms with Crippen LogP contribution in [0.5, 0.6) is 0 Å². The number of thiocyanates is 1. The quantitative estimate of drug-likeness (QED) is 0.277. The first kappa shape index (κ1) is 23.2. The van der Waals surface area contributed by atoms with Crippen molar-refractivity contribution in [2.75, 3.05) is 5.32 Å². The maximum atomic E-state index is 10.8. The minimum Gasteiger partial charge on any atom is -0.382 e. The van der Waals surface area contributed by atoms with Gasteiger partial charge in [-0.05, 0) is 61.9 Å². The SMILES string of the molecule is N.N#CS.NC(=O)NSC1CCC(Nc2ccnc3cc(Cl)ccc23)CC1. The first-order valence-corrected chi connectivity index (χ1v) is 9.79. The van der Waals surface area contributed by atoms with Crippen molar-refractivity contribution in [3.63, 3.8) is 0 Å². The zero-order chi connectivity index (χ0) is 18.9. The molecule has 0 atom stereocenters. The molecule has 2 aromatic rings. The Morgan fingerprint density at radius 2 is 2.00 bits per heavy atom. The number of benzene rings is 1. The minimum atomic E-state index is -0.475. The normalized spacial score (nSPS) is 18.3. The molecular weight excluding hydrogens is 404 g/mol. The molecule has 7 nitrogen and oxygen atoms in total. The topological polar surface area (TPSA) is 139 Å². The van der Waals surface area contributed by atoms with E-state index in [1.807, 2.05) is 24.3 Å². The van der Waals surface area contributed by atoms with Crippen LogP contribution in [-0.4, -0.2) is 22.3 Å². The molecule has 0 bridgehead atoms. The standard InChI is InChI=1S/C16H19ClN4OS.CHNS.H3N/c17-10-1-6-13-14(7-8-19-15(13)9-10)20-11-2-4-12(5-3-11)23-21-16(18)22;2-1-3;/h1,6-9,11-12H,2-5H2,(H,19,20)(H3,18,21,22);3H;1H3. The summed E-state index contributed by atoms with van der Waals surface area (Å²) in [7, 11) is 0. The molecule has 1 aromatic carbocycles. The molecule has 1 heterocycles. The number of pyridine rings is 1. The van der Waals surface area contributed by atoms with Crippen molar-refractivity contribution < 1.29 is 4.79 Å². The van der Waals surface area contributed by atoms with Gasteiger partial charge in [-0.3, -0.25) is 9.71 Å². The molecule has 0 spiro atoms. The van der Waals surface area contributed by atoms with Gasteiger partial charge in [0.2, 0.25) is 0 Å². The van der Waals surface area contributed by atoms with Gasteiger partial charge in [0, 0.05) is 33.6 Å². The highest BCUT2D eigenvalue weighted by molar-refractivity contribution is 7.98. The zero-order valence-electron chi connectivity index (χ0n) is 14.7. The number of carbonyl (C=O) groups excluding carboxylic acids is 1. The summed E-state index contributed by atoms with van der Waals surface area (Å²) in [6.07, 6.45) is 6.04. The summed E-state index contributed by atoms with van der Waals surface area (Å²) in [5, 5.41) is 14.5. The van der Waals surface area contributed by atoms with E-state index in [-0.39, 0.29) is 6.15 Å². The van der Waals surface area contributed by atoms with Crippen LogP contribution in [0.4, 0.5) is 10.5 Å². The van der Waals surface area contributed by atoms with Gasteiger partial charge in [-0.1, -0.05) is 24.2 Å². The Morgan fingerprint density at radius 1 is 1.33 bits per heavy atom. The number of nitrogens with one attached hydrogen (secondary N) is 2. The van der Waals surface area contributed by atoms with Crippen molar-refractivity contribution in [2.45, 2.75) is 37.0 Å². The zero-order valence-corrected chi connectivity index (χ0v) is 17.2. The Hall–Kier alpha value is -1.86. The van der Waals surface area contributed by atoms with Crippen LogP contribution in [0.3, 0.4) is 0 Å². The molecule has 1 aliphatic carbocycles. The molecule has 7 N–H and O–H groups in total. The molecule has 10 heteroatoms. The number of nitrogens with zero attached hydrogens (tertiary/aromatic N) is 2. The van der Waals surface area contributed by atoms with Gasteiger partial charge < -0.3 is 17.2 Å². The Balaban J connectivity index is 0.000000855. The molecule has 1 aromatic heterocycles. The highest BCUT2D eigenvalue weighted by atomic mass is 35.5. The van der Waals surface area contributed by atoms with Gasteiger partial charge in [0.1, 0.15) is 5.40 Å². The number of amides is 2. The minimum absolute atomic E-state index is 0. The van der Waals surface area contributed by atoms with Crippen molar-refractivity contribution in [1.82, 2.24) is 15.9 Å². The molecule has 146 valence electrons. The molecule has 0 unspecified atom stereocenters. The number of hydrogen-bond donors (Lipinski definition) is 5. The Bertz CT molecular complexity index is 793. The van der Waals surface area contributed by atoms with Crippen molar-refractivity contribution in [3.8, 4) is 5.40 Å². The van der Waals surface area contributed by atoms with Crippen molar-refractivity contribution in [1.29, 1.82) is 5.26 Å². The largest absolute Gasteiger partial charge is 0.382 e. The van der Waals surface area contributed by atoms with Gasteiger partial charge in [0.15, 0.2) is 0 Å². The maximum Gasteiger partial charge on any atom is 0.322 e. The number of halogens is 1. The van der Waals surface area contributed by atoms with E-state index in [4.69, 9.17) is 22.6 Å². The van der Waals surface area contributed by atoms with Crippen LogP contribution in [0.25, 0.3) is 10.9 Å². The molecular formula is C17H23ClN6OS2. The number of nitriles is 1. The van der Waals surface area contributed by atoms with Gasteiger partial charge in [0.25, 0.3) is 0 Å².